The molecule has 3 rings (SSSR count). The molecule has 0 bridgehead atoms. The first kappa shape index (κ1) is 24.7. The van der Waals surface area contributed by atoms with E-state index in [1.807, 2.05) is 6.92 Å². The van der Waals surface area contributed by atoms with Gasteiger partial charge in [-0.25, -0.2) is 0 Å². The topological polar surface area (TPSA) is 126 Å². The van der Waals surface area contributed by atoms with E-state index in [-0.39, 0.29) is 17.7 Å². The maximum atomic E-state index is 13.2. The molecule has 10 nitrogen and oxygen atoms in total. The van der Waals surface area contributed by atoms with Crippen molar-refractivity contribution in [1.29, 1.82) is 0 Å². The first-order valence-corrected chi connectivity index (χ1v) is 11.4. The van der Waals surface area contributed by atoms with Crippen molar-refractivity contribution in [3.63, 3.8) is 0 Å². The van der Waals surface area contributed by atoms with Gasteiger partial charge in [0, 0.05) is 20.8 Å². The van der Waals surface area contributed by atoms with Crippen molar-refractivity contribution in [1.82, 2.24) is 4.90 Å². The molecular weight excluding hydrogens is 454 g/mol. The Morgan fingerprint density at radius 2 is 1.48 bits per heavy atom. The van der Waals surface area contributed by atoms with Crippen LogP contribution in [0.5, 0.6) is 0 Å². The summed E-state index contributed by atoms with van der Waals surface area (Å²) >= 11 is 1.28. The molecule has 11 heteroatoms. The molecular formula is C22H25NO9S. The maximum Gasteiger partial charge on any atom is 0.303 e. The number of fused-ring (bicyclic) bond motifs is 1. The van der Waals surface area contributed by atoms with Gasteiger partial charge in [0.15, 0.2) is 12.2 Å². The molecule has 0 N–H and O–H groups in total. The highest BCUT2D eigenvalue weighted by atomic mass is 32.2. The molecule has 0 spiro atoms. The van der Waals surface area contributed by atoms with Crippen LogP contribution >= 0.6 is 11.8 Å². The van der Waals surface area contributed by atoms with Gasteiger partial charge in [0.05, 0.1) is 11.1 Å². The quantitative estimate of drug-likeness (QED) is 0.323. The molecule has 2 aliphatic rings. The molecule has 0 saturated carbocycles. The number of ether oxygens (including phenoxy) is 4. The Morgan fingerprint density at radius 1 is 0.939 bits per heavy atom. The number of hydrogen-bond donors (Lipinski definition) is 0. The first-order chi connectivity index (χ1) is 15.6. The summed E-state index contributed by atoms with van der Waals surface area (Å²) in [5.74, 6) is -2.57. The number of carbonyl (C=O) groups is 5. The van der Waals surface area contributed by atoms with Gasteiger partial charge in [-0.15, -0.1) is 11.8 Å². The van der Waals surface area contributed by atoms with Crippen LogP contribution in [0.1, 0.15) is 48.4 Å². The number of benzene rings is 1. The van der Waals surface area contributed by atoms with Gasteiger partial charge in [0.2, 0.25) is 0 Å². The third kappa shape index (κ3) is 5.19. The molecule has 0 aliphatic carbocycles. The number of thioether (sulfide) groups is 1. The number of imide groups is 1. The third-order valence-corrected chi connectivity index (χ3v) is 6.18. The molecule has 33 heavy (non-hydrogen) atoms. The highest BCUT2D eigenvalue weighted by Gasteiger charge is 2.56. The van der Waals surface area contributed by atoms with E-state index < -0.39 is 59.5 Å². The second-order valence-corrected chi connectivity index (χ2v) is 8.84. The lowest BCUT2D eigenvalue weighted by Gasteiger charge is -2.47. The van der Waals surface area contributed by atoms with Crippen LogP contribution in [0.15, 0.2) is 24.3 Å². The summed E-state index contributed by atoms with van der Waals surface area (Å²) in [6.45, 7) is 5.13. The van der Waals surface area contributed by atoms with Crippen LogP contribution in [0.2, 0.25) is 0 Å². The average Bonchev–Trinajstić information content (AvgIpc) is 2.99. The lowest BCUT2D eigenvalue weighted by atomic mass is 9.96. The molecule has 5 atom stereocenters. The number of hydrogen-bond acceptors (Lipinski definition) is 10. The van der Waals surface area contributed by atoms with E-state index in [0.717, 1.165) is 11.8 Å². The van der Waals surface area contributed by atoms with Gasteiger partial charge in [-0.05, 0) is 17.9 Å². The van der Waals surface area contributed by atoms with E-state index in [9.17, 15) is 24.0 Å². The van der Waals surface area contributed by atoms with E-state index in [1.54, 1.807) is 12.1 Å². The summed E-state index contributed by atoms with van der Waals surface area (Å²) in [6.07, 6.45) is -3.46. The normalized spacial score (nSPS) is 26.5. The lowest BCUT2D eigenvalue weighted by Crippen LogP contribution is -2.66. The zero-order valence-corrected chi connectivity index (χ0v) is 19.5. The summed E-state index contributed by atoms with van der Waals surface area (Å²) in [5, 5.41) is 0. The van der Waals surface area contributed by atoms with Gasteiger partial charge in [0.1, 0.15) is 24.2 Å². The molecule has 1 saturated heterocycles. The number of esters is 3. The Hall–Kier alpha value is -2.92. The summed E-state index contributed by atoms with van der Waals surface area (Å²) < 4.78 is 22.1. The van der Waals surface area contributed by atoms with Crippen molar-refractivity contribution in [3.8, 4) is 0 Å². The molecule has 0 radical (unpaired) electrons. The predicted molar refractivity (Wildman–Crippen MR) is 115 cm³/mol. The monoisotopic (exact) mass is 479 g/mol. The second-order valence-electron chi connectivity index (χ2n) is 7.47. The molecule has 178 valence electrons. The van der Waals surface area contributed by atoms with Crippen LogP contribution in [-0.4, -0.2) is 76.8 Å². The van der Waals surface area contributed by atoms with Gasteiger partial charge >= 0.3 is 17.9 Å². The number of carbonyl (C=O) groups excluding carboxylic acids is 5. The van der Waals surface area contributed by atoms with Gasteiger partial charge < -0.3 is 18.9 Å². The molecule has 2 aliphatic heterocycles. The van der Waals surface area contributed by atoms with E-state index in [0.29, 0.717) is 5.75 Å². The predicted octanol–water partition coefficient (Wildman–Crippen LogP) is 1.56. The van der Waals surface area contributed by atoms with Crippen LogP contribution < -0.4 is 0 Å². The van der Waals surface area contributed by atoms with Crippen molar-refractivity contribution < 1.29 is 42.9 Å². The smallest absolute Gasteiger partial charge is 0.303 e. The minimum atomic E-state index is -1.24. The highest BCUT2D eigenvalue weighted by Crippen LogP contribution is 2.38. The fraction of sp³-hybridized carbons (Fsp3) is 0.500. The fourth-order valence-electron chi connectivity index (χ4n) is 3.94. The second kappa shape index (κ2) is 10.3. The lowest BCUT2D eigenvalue weighted by molar-refractivity contribution is -0.216. The molecule has 2 heterocycles. The van der Waals surface area contributed by atoms with Crippen LogP contribution in [0.3, 0.4) is 0 Å². The van der Waals surface area contributed by atoms with Gasteiger partial charge in [-0.3, -0.25) is 28.9 Å². The Balaban J connectivity index is 2.07. The van der Waals surface area contributed by atoms with Crippen LogP contribution in [0.25, 0.3) is 0 Å². The summed E-state index contributed by atoms with van der Waals surface area (Å²) in [7, 11) is 0. The van der Waals surface area contributed by atoms with Gasteiger partial charge in [-0.2, -0.15) is 0 Å². The van der Waals surface area contributed by atoms with Crippen molar-refractivity contribution in [3.05, 3.63) is 35.4 Å². The minimum absolute atomic E-state index is 0.218. The van der Waals surface area contributed by atoms with Crippen molar-refractivity contribution in [2.45, 2.75) is 57.5 Å². The van der Waals surface area contributed by atoms with E-state index in [2.05, 4.69) is 0 Å². The molecule has 1 aromatic carbocycles. The maximum absolute atomic E-state index is 13.2. The average molecular weight is 480 g/mol. The standard InChI is InChI=1S/C22H25NO9S/c1-5-33-22-17(23-20(27)14-8-6-7-9-15(14)21(23)28)19(31-13(4)26)18(30-12(3)25)16(32-22)10-29-11(2)24/h6-9,16-19,22H,5,10H2,1-4H3/t16-,17-,18-,19-,22+/m1/s1. The molecule has 2 amide bonds. The Bertz CT molecular complexity index is 930. The molecule has 1 fully saturated rings. The van der Waals surface area contributed by atoms with Gasteiger partial charge in [-0.1, -0.05) is 19.1 Å². The molecule has 1 aromatic rings. The number of nitrogens with zero attached hydrogens (tertiary/aromatic N) is 1. The third-order valence-electron chi connectivity index (χ3n) is 5.12. The Kier molecular flexibility index (Phi) is 7.75. The number of rotatable bonds is 7. The van der Waals surface area contributed by atoms with E-state index >= 15 is 0 Å². The Labute approximate surface area is 194 Å². The minimum Gasteiger partial charge on any atom is -0.463 e. The van der Waals surface area contributed by atoms with E-state index in [4.69, 9.17) is 18.9 Å². The Morgan fingerprint density at radius 3 is 1.97 bits per heavy atom. The van der Waals surface area contributed by atoms with Crippen molar-refractivity contribution >= 4 is 41.5 Å². The zero-order chi connectivity index (χ0) is 24.3. The summed E-state index contributed by atoms with van der Waals surface area (Å²) in [6, 6.07) is 5.27. The van der Waals surface area contributed by atoms with Gasteiger partial charge in [0.25, 0.3) is 11.8 Å². The first-order valence-electron chi connectivity index (χ1n) is 10.4. The van der Waals surface area contributed by atoms with Crippen LogP contribution in [0.4, 0.5) is 0 Å². The molecule has 0 unspecified atom stereocenters. The van der Waals surface area contributed by atoms with Crippen LogP contribution in [-0.2, 0) is 33.3 Å². The van der Waals surface area contributed by atoms with Crippen molar-refractivity contribution in [2.75, 3.05) is 12.4 Å². The SMILES string of the molecule is CCS[C@@H]1O[C@H](COC(C)=O)[C@@H](OC(C)=O)[C@H](OC(C)=O)[C@H]1N1C(=O)c2ccccc2C1=O. The zero-order valence-electron chi connectivity index (χ0n) is 18.6. The highest BCUT2D eigenvalue weighted by molar-refractivity contribution is 7.99. The summed E-state index contributed by atoms with van der Waals surface area (Å²) in [5.41, 5.74) is -0.403. The summed E-state index contributed by atoms with van der Waals surface area (Å²) in [4.78, 5) is 62.8. The number of amides is 2. The van der Waals surface area contributed by atoms with E-state index in [1.165, 1.54) is 37.7 Å². The van der Waals surface area contributed by atoms with Crippen molar-refractivity contribution in [2.24, 2.45) is 0 Å². The molecule has 0 aromatic heterocycles. The largest absolute Gasteiger partial charge is 0.463 e. The van der Waals surface area contributed by atoms with Crippen LogP contribution in [0, 0.1) is 0 Å². The fourth-order valence-corrected chi connectivity index (χ4v) is 4.96.